The lowest BCUT2D eigenvalue weighted by molar-refractivity contribution is -0.145. The van der Waals surface area contributed by atoms with Gasteiger partial charge in [-0.05, 0) is 24.5 Å². The monoisotopic (exact) mass is 300 g/mol. The van der Waals surface area contributed by atoms with Gasteiger partial charge in [-0.15, -0.1) is 0 Å². The lowest BCUT2D eigenvalue weighted by atomic mass is 10.1. The van der Waals surface area contributed by atoms with E-state index < -0.39 is 12.0 Å². The van der Waals surface area contributed by atoms with Gasteiger partial charge in [0.25, 0.3) is 5.56 Å². The number of ether oxygens (including phenoxy) is 1. The molecule has 2 rings (SSSR count). The van der Waals surface area contributed by atoms with Gasteiger partial charge in [-0.3, -0.25) is 4.79 Å². The molecule has 0 radical (unpaired) electrons. The van der Waals surface area contributed by atoms with E-state index >= 15 is 0 Å². The fourth-order valence-corrected chi connectivity index (χ4v) is 2.29. The topological polar surface area (TPSA) is 61.2 Å². The van der Waals surface area contributed by atoms with Gasteiger partial charge < -0.3 is 4.74 Å². The first-order chi connectivity index (χ1) is 10.6. The van der Waals surface area contributed by atoms with Gasteiger partial charge in [0.05, 0.1) is 12.8 Å². The highest BCUT2D eigenvalue weighted by Gasteiger charge is 2.21. The van der Waals surface area contributed by atoms with Crippen LogP contribution in [-0.2, 0) is 16.0 Å². The number of hydrogen-bond donors (Lipinski definition) is 0. The first kappa shape index (κ1) is 15.9. The quantitative estimate of drug-likeness (QED) is 0.796. The predicted molar refractivity (Wildman–Crippen MR) is 84.7 cm³/mol. The van der Waals surface area contributed by atoms with Crippen LogP contribution in [0.25, 0.3) is 11.3 Å². The van der Waals surface area contributed by atoms with Crippen molar-refractivity contribution in [2.75, 3.05) is 7.11 Å². The maximum absolute atomic E-state index is 12.0. The number of rotatable bonds is 5. The van der Waals surface area contributed by atoms with Gasteiger partial charge in [0.1, 0.15) is 0 Å². The van der Waals surface area contributed by atoms with Gasteiger partial charge in [0.15, 0.2) is 6.04 Å². The minimum absolute atomic E-state index is 0.314. The molecule has 0 aliphatic heterocycles. The Labute approximate surface area is 129 Å². The Kier molecular flexibility index (Phi) is 5.09. The first-order valence-electron chi connectivity index (χ1n) is 7.37. The molecule has 5 nitrogen and oxygen atoms in total. The highest BCUT2D eigenvalue weighted by atomic mass is 16.5. The molecule has 1 heterocycles. The average Bonchev–Trinajstić information content (AvgIpc) is 2.57. The number of methoxy groups -OCH3 is 1. The summed E-state index contributed by atoms with van der Waals surface area (Å²) in [6, 6.07) is 10.4. The molecule has 0 bridgehead atoms. The molecule has 22 heavy (non-hydrogen) atoms. The van der Waals surface area contributed by atoms with Crippen molar-refractivity contribution in [3.05, 3.63) is 52.3 Å². The zero-order chi connectivity index (χ0) is 16.1. The van der Waals surface area contributed by atoms with Crippen molar-refractivity contribution in [3.8, 4) is 11.3 Å². The Hall–Kier alpha value is -2.43. The van der Waals surface area contributed by atoms with Gasteiger partial charge >= 0.3 is 5.97 Å². The number of esters is 1. The Bertz CT molecular complexity index is 705. The van der Waals surface area contributed by atoms with Gasteiger partial charge in [-0.25, -0.2) is 9.48 Å². The van der Waals surface area contributed by atoms with Crippen LogP contribution in [0.3, 0.4) is 0 Å². The van der Waals surface area contributed by atoms with Crippen molar-refractivity contribution < 1.29 is 9.53 Å². The third-order valence-electron chi connectivity index (χ3n) is 3.64. The van der Waals surface area contributed by atoms with Crippen molar-refractivity contribution >= 4 is 5.97 Å². The second kappa shape index (κ2) is 7.02. The maximum atomic E-state index is 12.0. The van der Waals surface area contributed by atoms with Crippen LogP contribution in [0.1, 0.15) is 31.9 Å². The van der Waals surface area contributed by atoms with E-state index in [1.165, 1.54) is 23.4 Å². The van der Waals surface area contributed by atoms with Crippen LogP contribution < -0.4 is 5.56 Å². The SMILES string of the molecule is CCc1ccc(-c2ccc(=O)n([C@H](CC)C(=O)OC)n2)cc1. The van der Waals surface area contributed by atoms with Gasteiger partial charge in [0, 0.05) is 11.6 Å². The molecule has 1 atom stereocenters. The van der Waals surface area contributed by atoms with Crippen LogP contribution in [0.2, 0.25) is 0 Å². The van der Waals surface area contributed by atoms with Crippen LogP contribution in [0, 0.1) is 0 Å². The van der Waals surface area contributed by atoms with Crippen molar-refractivity contribution in [1.29, 1.82) is 0 Å². The number of aryl methyl sites for hydroxylation is 1. The zero-order valence-electron chi connectivity index (χ0n) is 13.1. The van der Waals surface area contributed by atoms with Gasteiger partial charge in [-0.2, -0.15) is 5.10 Å². The molecule has 0 amide bonds. The maximum Gasteiger partial charge on any atom is 0.330 e. The summed E-state index contributed by atoms with van der Waals surface area (Å²) in [4.78, 5) is 23.8. The minimum Gasteiger partial charge on any atom is -0.467 e. The number of hydrogen-bond acceptors (Lipinski definition) is 4. The smallest absolute Gasteiger partial charge is 0.330 e. The molecule has 0 N–H and O–H groups in total. The van der Waals surface area contributed by atoms with E-state index in [1.54, 1.807) is 6.07 Å². The van der Waals surface area contributed by atoms with Gasteiger partial charge in [-0.1, -0.05) is 38.1 Å². The molecule has 0 spiro atoms. The summed E-state index contributed by atoms with van der Waals surface area (Å²) >= 11 is 0. The van der Waals surface area contributed by atoms with Crippen LogP contribution in [0.4, 0.5) is 0 Å². The Morgan fingerprint density at radius 1 is 1.18 bits per heavy atom. The van der Waals surface area contributed by atoms with Crippen LogP contribution in [0.15, 0.2) is 41.2 Å². The molecule has 0 unspecified atom stereocenters. The van der Waals surface area contributed by atoms with E-state index in [0.717, 1.165) is 12.0 Å². The average molecular weight is 300 g/mol. The molecule has 0 saturated carbocycles. The molecular formula is C17H20N2O3. The van der Waals surface area contributed by atoms with E-state index in [9.17, 15) is 9.59 Å². The standard InChI is InChI=1S/C17H20N2O3/c1-4-12-6-8-13(9-7-12)14-10-11-16(20)19(18-14)15(5-2)17(21)22-3/h6-11,15H,4-5H2,1-3H3/t15-/m1/s1. The van der Waals surface area contributed by atoms with E-state index in [4.69, 9.17) is 4.74 Å². The molecule has 1 aromatic heterocycles. The molecule has 1 aromatic carbocycles. The van der Waals surface area contributed by atoms with Gasteiger partial charge in [0.2, 0.25) is 0 Å². The molecule has 0 fully saturated rings. The molecular weight excluding hydrogens is 280 g/mol. The van der Waals surface area contributed by atoms with E-state index in [2.05, 4.69) is 12.0 Å². The normalized spacial score (nSPS) is 12.0. The van der Waals surface area contributed by atoms with Crippen molar-refractivity contribution in [1.82, 2.24) is 9.78 Å². The third kappa shape index (κ3) is 3.24. The Morgan fingerprint density at radius 2 is 1.86 bits per heavy atom. The van der Waals surface area contributed by atoms with Crippen molar-refractivity contribution in [3.63, 3.8) is 0 Å². The molecule has 0 saturated heterocycles. The summed E-state index contributed by atoms with van der Waals surface area (Å²) in [6.45, 7) is 3.91. The first-order valence-corrected chi connectivity index (χ1v) is 7.37. The van der Waals surface area contributed by atoms with Crippen molar-refractivity contribution in [2.45, 2.75) is 32.7 Å². The van der Waals surface area contributed by atoms with Crippen LogP contribution in [-0.4, -0.2) is 22.9 Å². The van der Waals surface area contributed by atoms with Crippen molar-refractivity contribution in [2.24, 2.45) is 0 Å². The fourth-order valence-electron chi connectivity index (χ4n) is 2.29. The zero-order valence-corrected chi connectivity index (χ0v) is 13.1. The highest BCUT2D eigenvalue weighted by Crippen LogP contribution is 2.18. The van der Waals surface area contributed by atoms with Crippen LogP contribution >= 0.6 is 0 Å². The molecule has 0 aliphatic carbocycles. The lowest BCUT2D eigenvalue weighted by Gasteiger charge is -2.15. The second-order valence-corrected chi connectivity index (χ2v) is 5.00. The van der Waals surface area contributed by atoms with Crippen LogP contribution in [0.5, 0.6) is 0 Å². The summed E-state index contributed by atoms with van der Waals surface area (Å²) in [6.07, 6.45) is 1.41. The van der Waals surface area contributed by atoms with E-state index in [-0.39, 0.29) is 5.56 Å². The highest BCUT2D eigenvalue weighted by molar-refractivity contribution is 5.74. The second-order valence-electron chi connectivity index (χ2n) is 5.00. The molecule has 5 heteroatoms. The molecule has 0 aliphatic rings. The number of aromatic nitrogens is 2. The summed E-state index contributed by atoms with van der Waals surface area (Å²) in [5, 5.41) is 4.34. The molecule has 2 aromatic rings. The van der Waals surface area contributed by atoms with E-state index in [1.807, 2.05) is 31.2 Å². The van der Waals surface area contributed by atoms with E-state index in [0.29, 0.717) is 12.1 Å². The largest absolute Gasteiger partial charge is 0.467 e. The third-order valence-corrected chi connectivity index (χ3v) is 3.64. The number of benzene rings is 1. The minimum atomic E-state index is -0.702. The predicted octanol–water partition coefficient (Wildman–Crippen LogP) is 2.60. The Morgan fingerprint density at radius 3 is 2.41 bits per heavy atom. The molecule has 116 valence electrons. The number of nitrogens with zero attached hydrogens (tertiary/aromatic N) is 2. The number of carbonyl (C=O) groups is 1. The summed E-state index contributed by atoms with van der Waals surface area (Å²) in [5.74, 6) is -0.462. The lowest BCUT2D eigenvalue weighted by Crippen LogP contribution is -2.32. The Balaban J connectivity index is 2.45. The summed E-state index contributed by atoms with van der Waals surface area (Å²) < 4.78 is 5.95. The summed E-state index contributed by atoms with van der Waals surface area (Å²) in [7, 11) is 1.31. The number of carbonyl (C=O) groups excluding carboxylic acids is 1. The summed E-state index contributed by atoms with van der Waals surface area (Å²) in [5.41, 5.74) is 2.49. The fraction of sp³-hybridized carbons (Fsp3) is 0.353.